The third kappa shape index (κ3) is 24.7. The van der Waals surface area contributed by atoms with Crippen LogP contribution in [0.2, 0.25) is 0 Å². The van der Waals surface area contributed by atoms with Crippen molar-refractivity contribution in [3.63, 3.8) is 0 Å². The van der Waals surface area contributed by atoms with E-state index >= 15 is 0 Å². The van der Waals surface area contributed by atoms with Crippen molar-refractivity contribution in [1.29, 1.82) is 0 Å². The van der Waals surface area contributed by atoms with Crippen LogP contribution in [-0.2, 0) is 23.9 Å². The Morgan fingerprint density at radius 2 is 0.951 bits per heavy atom. The molecule has 7 nitrogen and oxygen atoms in total. The van der Waals surface area contributed by atoms with Gasteiger partial charge in [0.1, 0.15) is 6.10 Å². The average Bonchev–Trinajstić information content (AvgIpc) is 2.94. The highest BCUT2D eigenvalue weighted by Crippen LogP contribution is 2.17. The van der Waals surface area contributed by atoms with Gasteiger partial charge in [-0.1, -0.05) is 142 Å². The maximum atomic E-state index is 12.5. The topological polar surface area (TPSA) is 102 Å². The summed E-state index contributed by atoms with van der Waals surface area (Å²) in [5.74, 6) is -1.26. The van der Waals surface area contributed by atoms with Crippen LogP contribution in [0.1, 0.15) is 175 Å². The van der Waals surface area contributed by atoms with Crippen LogP contribution >= 0.6 is 0 Å². The van der Waals surface area contributed by atoms with Gasteiger partial charge >= 0.3 is 11.9 Å². The summed E-state index contributed by atoms with van der Waals surface area (Å²) in [5.41, 5.74) is 0. The second kappa shape index (κ2) is 28.5. The van der Waals surface area contributed by atoms with Crippen molar-refractivity contribution < 1.29 is 29.0 Å². The summed E-state index contributed by atoms with van der Waals surface area (Å²) >= 11 is 0. The summed E-state index contributed by atoms with van der Waals surface area (Å²) < 4.78 is 10.6. The van der Waals surface area contributed by atoms with Crippen LogP contribution < -0.4 is 5.32 Å². The highest BCUT2D eigenvalue weighted by atomic mass is 16.6. The molecule has 0 aromatic rings. The second-order valence-corrected chi connectivity index (χ2v) is 11.8. The van der Waals surface area contributed by atoms with E-state index in [2.05, 4.69) is 12.2 Å². The Kier molecular flexibility index (Phi) is 27.4. The number of rotatable bonds is 29. The summed E-state index contributed by atoms with van der Waals surface area (Å²) in [6.45, 7) is 6.19. The number of aliphatic hydroxyl groups excluding tert-OH is 1. The maximum Gasteiger partial charge on any atom is 0.303 e. The van der Waals surface area contributed by atoms with Crippen molar-refractivity contribution in [1.82, 2.24) is 5.32 Å². The molecule has 0 aromatic heterocycles. The molecule has 2 N–H and O–H groups in total. The number of carbonyl (C=O) groups excluding carboxylic acids is 3. The van der Waals surface area contributed by atoms with Crippen molar-refractivity contribution in [2.75, 3.05) is 6.61 Å². The summed E-state index contributed by atoms with van der Waals surface area (Å²) in [5, 5.41) is 12.6. The Labute approximate surface area is 252 Å². The number of ether oxygens (including phenoxy) is 2. The molecule has 3 atom stereocenters. The molecule has 0 saturated heterocycles. The van der Waals surface area contributed by atoms with Gasteiger partial charge in [0.15, 0.2) is 6.10 Å². The standard InChI is InChI=1S/C34H65NO6/c1-5-7-8-9-10-11-12-13-14-15-16-17-18-19-20-21-22-23-24-25-26-27-33(39)35-31(28-36)34(41-30(4)38)32(6-2)40-29(3)37/h31-32,34,36H,5-28H2,1-4H3,(H,35,39)/t31-,32+,34-/m0/s1. The Balaban J connectivity index is 3.76. The lowest BCUT2D eigenvalue weighted by Crippen LogP contribution is -2.53. The number of aliphatic hydroxyl groups is 1. The molecule has 0 aliphatic rings. The fourth-order valence-electron chi connectivity index (χ4n) is 5.43. The van der Waals surface area contributed by atoms with Crippen LogP contribution in [0.4, 0.5) is 0 Å². The largest absolute Gasteiger partial charge is 0.459 e. The fraction of sp³-hybridized carbons (Fsp3) is 0.912. The van der Waals surface area contributed by atoms with Crippen molar-refractivity contribution in [3.05, 3.63) is 0 Å². The third-order valence-corrected chi connectivity index (χ3v) is 7.84. The van der Waals surface area contributed by atoms with Gasteiger partial charge in [-0.05, 0) is 12.8 Å². The zero-order valence-electron chi connectivity index (χ0n) is 27.2. The van der Waals surface area contributed by atoms with Crippen LogP contribution in [-0.4, -0.2) is 47.8 Å². The molecule has 0 aliphatic heterocycles. The smallest absolute Gasteiger partial charge is 0.303 e. The van der Waals surface area contributed by atoms with E-state index in [9.17, 15) is 19.5 Å². The maximum absolute atomic E-state index is 12.5. The van der Waals surface area contributed by atoms with Crippen LogP contribution in [0.25, 0.3) is 0 Å². The van der Waals surface area contributed by atoms with E-state index in [4.69, 9.17) is 9.47 Å². The molecule has 0 heterocycles. The summed E-state index contributed by atoms with van der Waals surface area (Å²) in [7, 11) is 0. The van der Waals surface area contributed by atoms with E-state index in [1.54, 1.807) is 6.92 Å². The van der Waals surface area contributed by atoms with Crippen LogP contribution in [0, 0.1) is 0 Å². The van der Waals surface area contributed by atoms with E-state index in [0.717, 1.165) is 19.3 Å². The Morgan fingerprint density at radius 3 is 1.27 bits per heavy atom. The SMILES string of the molecule is CCCCCCCCCCCCCCCCCCCCCCCC(=O)N[C@@H](CO)[C@H](OC(C)=O)[C@@H](CC)OC(C)=O. The second-order valence-electron chi connectivity index (χ2n) is 11.8. The molecule has 0 bridgehead atoms. The van der Waals surface area contributed by atoms with E-state index < -0.39 is 36.8 Å². The quantitative estimate of drug-likeness (QED) is 0.0678. The van der Waals surface area contributed by atoms with Gasteiger partial charge in [-0.2, -0.15) is 0 Å². The minimum absolute atomic E-state index is 0.198. The summed E-state index contributed by atoms with van der Waals surface area (Å²) in [6.07, 6.45) is 26.7. The monoisotopic (exact) mass is 583 g/mol. The molecule has 0 unspecified atom stereocenters. The first-order valence-electron chi connectivity index (χ1n) is 17.1. The van der Waals surface area contributed by atoms with E-state index in [-0.39, 0.29) is 5.91 Å². The molecule has 0 radical (unpaired) electrons. The van der Waals surface area contributed by atoms with Gasteiger partial charge in [0.25, 0.3) is 0 Å². The lowest BCUT2D eigenvalue weighted by molar-refractivity contribution is -0.169. The zero-order valence-corrected chi connectivity index (χ0v) is 27.2. The first kappa shape index (κ1) is 39.4. The molecule has 7 heteroatoms. The predicted molar refractivity (Wildman–Crippen MR) is 168 cm³/mol. The highest BCUT2D eigenvalue weighted by Gasteiger charge is 2.34. The van der Waals surface area contributed by atoms with Gasteiger partial charge in [0, 0.05) is 20.3 Å². The van der Waals surface area contributed by atoms with Crippen molar-refractivity contribution in [3.8, 4) is 0 Å². The lowest BCUT2D eigenvalue weighted by Gasteiger charge is -2.31. The van der Waals surface area contributed by atoms with E-state index in [1.807, 2.05) is 0 Å². The predicted octanol–water partition coefficient (Wildman–Crippen LogP) is 8.34. The molecule has 242 valence electrons. The number of nitrogens with one attached hydrogen (secondary N) is 1. The van der Waals surface area contributed by atoms with Crippen molar-refractivity contribution in [2.24, 2.45) is 0 Å². The van der Waals surface area contributed by atoms with Gasteiger partial charge < -0.3 is 19.9 Å². The normalized spacial score (nSPS) is 13.4. The molecule has 0 saturated carbocycles. The fourth-order valence-corrected chi connectivity index (χ4v) is 5.43. The molecule has 41 heavy (non-hydrogen) atoms. The van der Waals surface area contributed by atoms with Gasteiger partial charge in [0.05, 0.1) is 12.6 Å². The summed E-state index contributed by atoms with van der Waals surface area (Å²) in [4.78, 5) is 35.5. The highest BCUT2D eigenvalue weighted by molar-refractivity contribution is 5.76. The van der Waals surface area contributed by atoms with Crippen molar-refractivity contribution in [2.45, 2.75) is 194 Å². The molecule has 0 aliphatic carbocycles. The molecule has 1 amide bonds. The minimum Gasteiger partial charge on any atom is -0.459 e. The van der Waals surface area contributed by atoms with Gasteiger partial charge in [0.2, 0.25) is 5.91 Å². The molecular formula is C34H65NO6. The van der Waals surface area contributed by atoms with Gasteiger partial charge in [-0.3, -0.25) is 14.4 Å². The molecule has 0 rings (SSSR count). The molecule has 0 aromatic carbocycles. The van der Waals surface area contributed by atoms with E-state index in [1.165, 1.54) is 129 Å². The third-order valence-electron chi connectivity index (χ3n) is 7.84. The first-order valence-corrected chi connectivity index (χ1v) is 17.1. The number of hydrogen-bond acceptors (Lipinski definition) is 6. The van der Waals surface area contributed by atoms with Crippen molar-refractivity contribution >= 4 is 17.8 Å². The Hall–Kier alpha value is -1.63. The number of esters is 2. The number of amides is 1. The summed E-state index contributed by atoms with van der Waals surface area (Å²) in [6, 6.07) is -0.828. The van der Waals surface area contributed by atoms with Crippen LogP contribution in [0.3, 0.4) is 0 Å². The number of carbonyl (C=O) groups is 3. The van der Waals surface area contributed by atoms with Gasteiger partial charge in [-0.25, -0.2) is 0 Å². The first-order chi connectivity index (χ1) is 19.8. The lowest BCUT2D eigenvalue weighted by atomic mass is 10.0. The van der Waals surface area contributed by atoms with Crippen LogP contribution in [0.15, 0.2) is 0 Å². The average molecular weight is 584 g/mol. The van der Waals surface area contributed by atoms with Crippen LogP contribution in [0.5, 0.6) is 0 Å². The van der Waals surface area contributed by atoms with E-state index in [0.29, 0.717) is 12.8 Å². The molecular weight excluding hydrogens is 518 g/mol. The Morgan fingerprint density at radius 1 is 0.585 bits per heavy atom. The number of hydrogen-bond donors (Lipinski definition) is 2. The Bertz CT molecular complexity index is 641. The molecule has 0 fully saturated rings. The molecule has 0 spiro atoms. The van der Waals surface area contributed by atoms with Gasteiger partial charge in [-0.15, -0.1) is 0 Å². The number of unbranched alkanes of at least 4 members (excludes halogenated alkanes) is 20. The minimum atomic E-state index is -0.935. The zero-order chi connectivity index (χ0) is 30.6.